The molecule has 1 aliphatic rings. The zero-order valence-electron chi connectivity index (χ0n) is 8.68. The van der Waals surface area contributed by atoms with Gasteiger partial charge in [-0.05, 0) is 24.1 Å². The Morgan fingerprint density at radius 1 is 1.44 bits per heavy atom. The molecule has 0 fully saturated rings. The fourth-order valence-electron chi connectivity index (χ4n) is 1.62. The molecule has 0 spiro atoms. The van der Waals surface area contributed by atoms with Gasteiger partial charge >= 0.3 is 0 Å². The zero-order chi connectivity index (χ0) is 11.4. The van der Waals surface area contributed by atoms with Crippen molar-refractivity contribution < 1.29 is 19.4 Å². The van der Waals surface area contributed by atoms with Crippen molar-refractivity contribution in [2.24, 2.45) is 0 Å². The van der Waals surface area contributed by atoms with Crippen LogP contribution in [0.4, 0.5) is 0 Å². The highest BCUT2D eigenvalue weighted by molar-refractivity contribution is 5.47. The summed E-state index contributed by atoms with van der Waals surface area (Å²) in [7, 11) is 0. The fraction of sp³-hybridized carbons (Fsp3) is 0.364. The summed E-state index contributed by atoms with van der Waals surface area (Å²) in [5.74, 6) is 1.44. The van der Waals surface area contributed by atoms with Crippen molar-refractivity contribution in [1.82, 2.24) is 5.32 Å². The van der Waals surface area contributed by atoms with E-state index in [9.17, 15) is 4.79 Å². The quantitative estimate of drug-likeness (QED) is 0.693. The predicted octanol–water partition coefficient (Wildman–Crippen LogP) is 0.0647. The minimum atomic E-state index is -0.266. The van der Waals surface area contributed by atoms with Gasteiger partial charge < -0.3 is 19.9 Å². The summed E-state index contributed by atoms with van der Waals surface area (Å²) in [5.41, 5.74) is 0.984. The van der Waals surface area contributed by atoms with Gasteiger partial charge in [0.2, 0.25) is 13.2 Å². The maximum absolute atomic E-state index is 10.3. The third kappa shape index (κ3) is 2.25. The number of carbonyl (C=O) groups excluding carboxylic acids is 1. The van der Waals surface area contributed by atoms with E-state index >= 15 is 0 Å². The number of fused-ring (bicyclic) bond motifs is 1. The normalized spacial score (nSPS) is 14.6. The number of aliphatic hydroxyl groups is 1. The van der Waals surface area contributed by atoms with Crippen LogP contribution in [0.25, 0.3) is 0 Å². The van der Waals surface area contributed by atoms with Crippen LogP contribution in [0.3, 0.4) is 0 Å². The Kier molecular flexibility index (Phi) is 3.26. The van der Waals surface area contributed by atoms with Gasteiger partial charge in [0.25, 0.3) is 0 Å². The summed E-state index contributed by atoms with van der Waals surface area (Å²) in [4.78, 5) is 10.3. The Hall–Kier alpha value is -1.75. The topological polar surface area (TPSA) is 67.8 Å². The maximum atomic E-state index is 10.3. The SMILES string of the molecule is O=CNC(CO)Cc1ccc2c(c1)OCO2. The highest BCUT2D eigenvalue weighted by Crippen LogP contribution is 2.32. The van der Waals surface area contributed by atoms with E-state index in [0.717, 1.165) is 11.3 Å². The van der Waals surface area contributed by atoms with E-state index in [1.165, 1.54) is 0 Å². The number of aliphatic hydroxyl groups excluding tert-OH is 1. The van der Waals surface area contributed by atoms with E-state index in [0.29, 0.717) is 18.6 Å². The molecule has 1 aromatic carbocycles. The van der Waals surface area contributed by atoms with Crippen molar-refractivity contribution in [2.45, 2.75) is 12.5 Å². The molecule has 1 aliphatic heterocycles. The first kappa shape index (κ1) is 10.8. The molecule has 1 heterocycles. The standard InChI is InChI=1S/C11H13NO4/c13-5-9(12-6-14)3-8-1-2-10-11(4-8)16-7-15-10/h1-2,4,6,9,13H,3,5,7H2,(H,12,14). The Balaban J connectivity index is 2.06. The highest BCUT2D eigenvalue weighted by atomic mass is 16.7. The largest absolute Gasteiger partial charge is 0.454 e. The van der Waals surface area contributed by atoms with Crippen LogP contribution < -0.4 is 14.8 Å². The van der Waals surface area contributed by atoms with Gasteiger partial charge in [-0.2, -0.15) is 0 Å². The summed E-state index contributed by atoms with van der Waals surface area (Å²) in [5, 5.41) is 11.6. The predicted molar refractivity (Wildman–Crippen MR) is 56.3 cm³/mol. The number of hydrogen-bond donors (Lipinski definition) is 2. The zero-order valence-corrected chi connectivity index (χ0v) is 8.68. The molecular weight excluding hydrogens is 210 g/mol. The van der Waals surface area contributed by atoms with E-state index in [1.54, 1.807) is 0 Å². The Morgan fingerprint density at radius 2 is 2.25 bits per heavy atom. The molecule has 5 nitrogen and oxygen atoms in total. The van der Waals surface area contributed by atoms with Crippen LogP contribution in [0.1, 0.15) is 5.56 Å². The number of benzene rings is 1. The molecule has 16 heavy (non-hydrogen) atoms. The first-order chi connectivity index (χ1) is 7.83. The second-order valence-electron chi connectivity index (χ2n) is 3.56. The van der Waals surface area contributed by atoms with Crippen molar-refractivity contribution in [3.05, 3.63) is 23.8 Å². The van der Waals surface area contributed by atoms with Gasteiger partial charge in [0, 0.05) is 0 Å². The molecule has 1 aromatic rings. The molecule has 0 saturated carbocycles. The summed E-state index contributed by atoms with van der Waals surface area (Å²) in [6.07, 6.45) is 1.15. The van der Waals surface area contributed by atoms with Gasteiger partial charge in [0.15, 0.2) is 11.5 Å². The van der Waals surface area contributed by atoms with Crippen LogP contribution in [0.5, 0.6) is 11.5 Å². The van der Waals surface area contributed by atoms with E-state index < -0.39 is 0 Å². The van der Waals surface area contributed by atoms with Crippen molar-refractivity contribution in [3.8, 4) is 11.5 Å². The number of hydrogen-bond acceptors (Lipinski definition) is 4. The number of carbonyl (C=O) groups is 1. The molecule has 0 saturated heterocycles. The third-order valence-corrected chi connectivity index (χ3v) is 2.44. The van der Waals surface area contributed by atoms with Crippen molar-refractivity contribution in [2.75, 3.05) is 13.4 Å². The molecule has 5 heteroatoms. The first-order valence-electron chi connectivity index (χ1n) is 5.02. The molecule has 0 radical (unpaired) electrons. The lowest BCUT2D eigenvalue weighted by Gasteiger charge is -2.12. The van der Waals surface area contributed by atoms with Crippen LogP contribution in [0.2, 0.25) is 0 Å². The van der Waals surface area contributed by atoms with Crippen LogP contribution in [0, 0.1) is 0 Å². The van der Waals surface area contributed by atoms with Crippen LogP contribution in [0.15, 0.2) is 18.2 Å². The smallest absolute Gasteiger partial charge is 0.231 e. The Bertz CT molecular complexity index is 380. The van der Waals surface area contributed by atoms with Crippen LogP contribution >= 0.6 is 0 Å². The van der Waals surface area contributed by atoms with E-state index in [1.807, 2.05) is 18.2 Å². The summed E-state index contributed by atoms with van der Waals surface area (Å²) in [6.45, 7) is 0.155. The molecule has 86 valence electrons. The Morgan fingerprint density at radius 3 is 3.00 bits per heavy atom. The highest BCUT2D eigenvalue weighted by Gasteiger charge is 2.14. The number of amides is 1. The number of nitrogens with one attached hydrogen (secondary N) is 1. The summed E-state index contributed by atoms with van der Waals surface area (Å²) in [6, 6.07) is 5.31. The second-order valence-corrected chi connectivity index (χ2v) is 3.56. The molecule has 1 amide bonds. The molecule has 0 aliphatic carbocycles. The average molecular weight is 223 g/mol. The van der Waals surface area contributed by atoms with Crippen LogP contribution in [-0.2, 0) is 11.2 Å². The first-order valence-corrected chi connectivity index (χ1v) is 5.02. The minimum absolute atomic E-state index is 0.0901. The molecule has 0 aromatic heterocycles. The van der Waals surface area contributed by atoms with Gasteiger partial charge in [0.1, 0.15) is 0 Å². The van der Waals surface area contributed by atoms with Gasteiger partial charge in [-0.15, -0.1) is 0 Å². The second kappa shape index (κ2) is 4.85. The monoisotopic (exact) mass is 223 g/mol. The Labute approximate surface area is 93.0 Å². The lowest BCUT2D eigenvalue weighted by Crippen LogP contribution is -2.33. The van der Waals surface area contributed by atoms with Crippen LogP contribution in [-0.4, -0.2) is 31.0 Å². The average Bonchev–Trinajstić information content (AvgIpc) is 2.75. The summed E-state index contributed by atoms with van der Waals surface area (Å²) >= 11 is 0. The van der Waals surface area contributed by atoms with Gasteiger partial charge in [0.05, 0.1) is 12.6 Å². The lowest BCUT2D eigenvalue weighted by molar-refractivity contribution is -0.110. The molecule has 2 rings (SSSR count). The molecule has 2 N–H and O–H groups in total. The van der Waals surface area contributed by atoms with Crippen molar-refractivity contribution in [1.29, 1.82) is 0 Å². The summed E-state index contributed by atoms with van der Waals surface area (Å²) < 4.78 is 10.4. The van der Waals surface area contributed by atoms with Gasteiger partial charge in [-0.1, -0.05) is 6.07 Å². The minimum Gasteiger partial charge on any atom is -0.454 e. The van der Waals surface area contributed by atoms with Gasteiger partial charge in [-0.3, -0.25) is 4.79 Å². The lowest BCUT2D eigenvalue weighted by atomic mass is 10.1. The van der Waals surface area contributed by atoms with E-state index in [2.05, 4.69) is 5.32 Å². The third-order valence-electron chi connectivity index (χ3n) is 2.44. The van der Waals surface area contributed by atoms with Gasteiger partial charge in [-0.25, -0.2) is 0 Å². The molecule has 1 unspecified atom stereocenters. The maximum Gasteiger partial charge on any atom is 0.231 e. The molecular formula is C11H13NO4. The number of ether oxygens (including phenoxy) is 2. The fourth-order valence-corrected chi connectivity index (χ4v) is 1.62. The molecule has 0 bridgehead atoms. The van der Waals surface area contributed by atoms with Crippen molar-refractivity contribution >= 4 is 6.41 Å². The molecule has 1 atom stereocenters. The van der Waals surface area contributed by atoms with E-state index in [4.69, 9.17) is 14.6 Å². The van der Waals surface area contributed by atoms with E-state index in [-0.39, 0.29) is 19.4 Å². The van der Waals surface area contributed by atoms with Crippen molar-refractivity contribution in [3.63, 3.8) is 0 Å². The number of rotatable bonds is 5.